The van der Waals surface area contributed by atoms with Gasteiger partial charge in [0.05, 0.1) is 5.52 Å². The number of pyridine rings is 2. The molecule has 2 N–H and O–H groups in total. The van der Waals surface area contributed by atoms with Crippen LogP contribution >= 0.6 is 24.8 Å². The molecule has 1 aromatic carbocycles. The molecule has 36 heavy (non-hydrogen) atoms. The van der Waals surface area contributed by atoms with Crippen molar-refractivity contribution in [3.8, 4) is 17.3 Å². The van der Waals surface area contributed by atoms with Gasteiger partial charge in [-0.3, -0.25) is 9.30 Å². The van der Waals surface area contributed by atoms with Crippen molar-refractivity contribution in [2.24, 2.45) is 5.73 Å². The average Bonchev–Trinajstić information content (AvgIpc) is 3.50. The highest BCUT2D eigenvalue weighted by molar-refractivity contribution is 5.86. The Bertz CT molecular complexity index is 1410. The molecule has 4 aromatic rings. The van der Waals surface area contributed by atoms with E-state index < -0.39 is 12.2 Å². The van der Waals surface area contributed by atoms with Gasteiger partial charge < -0.3 is 10.5 Å². The smallest absolute Gasteiger partial charge is 0.408 e. The van der Waals surface area contributed by atoms with Gasteiger partial charge in [-0.2, -0.15) is 13.2 Å². The van der Waals surface area contributed by atoms with Crippen LogP contribution in [-0.4, -0.2) is 55.9 Å². The molecule has 192 valence electrons. The first-order chi connectivity index (χ1) is 16.3. The van der Waals surface area contributed by atoms with Gasteiger partial charge in [0.2, 0.25) is 0 Å². The summed E-state index contributed by atoms with van der Waals surface area (Å²) in [4.78, 5) is 6.23. The number of aromatic nitrogens is 4. The topological polar surface area (TPSA) is 81.6 Å². The zero-order valence-electron chi connectivity index (χ0n) is 19.3. The zero-order chi connectivity index (χ0) is 23.6. The molecule has 12 heteroatoms. The second-order valence-corrected chi connectivity index (χ2v) is 9.15. The second kappa shape index (κ2) is 9.66. The van der Waals surface area contributed by atoms with Crippen LogP contribution in [0.15, 0.2) is 42.6 Å². The molecule has 3 atom stereocenters. The van der Waals surface area contributed by atoms with E-state index in [9.17, 15) is 13.2 Å². The number of ether oxygens (including phenoxy) is 1. The van der Waals surface area contributed by atoms with Crippen molar-refractivity contribution >= 4 is 41.4 Å². The first kappa shape index (κ1) is 26.4. The number of rotatable bonds is 3. The van der Waals surface area contributed by atoms with E-state index in [1.165, 1.54) is 17.2 Å². The molecule has 0 spiro atoms. The lowest BCUT2D eigenvalue weighted by atomic mass is 10.1. The first-order valence-electron chi connectivity index (χ1n) is 11.3. The predicted molar refractivity (Wildman–Crippen MR) is 135 cm³/mol. The summed E-state index contributed by atoms with van der Waals surface area (Å²) in [6, 6.07) is 8.69. The molecule has 0 bridgehead atoms. The van der Waals surface area contributed by atoms with Gasteiger partial charge in [0, 0.05) is 42.7 Å². The van der Waals surface area contributed by atoms with Crippen LogP contribution in [0.25, 0.3) is 28.1 Å². The van der Waals surface area contributed by atoms with Crippen LogP contribution in [-0.2, 0) is 6.42 Å². The van der Waals surface area contributed by atoms with E-state index in [1.54, 1.807) is 10.5 Å². The van der Waals surface area contributed by atoms with Gasteiger partial charge in [-0.1, -0.05) is 12.1 Å². The van der Waals surface area contributed by atoms with Crippen LogP contribution in [0, 0.1) is 0 Å². The van der Waals surface area contributed by atoms with Crippen LogP contribution in [0.3, 0.4) is 0 Å². The normalized spacial score (nSPS) is 20.6. The van der Waals surface area contributed by atoms with Crippen molar-refractivity contribution in [1.82, 2.24) is 24.5 Å². The monoisotopic (exact) mass is 540 g/mol. The van der Waals surface area contributed by atoms with Gasteiger partial charge in [-0.15, -0.1) is 35.0 Å². The fourth-order valence-electron chi connectivity index (χ4n) is 5.11. The number of hydrogen-bond donors (Lipinski definition) is 1. The summed E-state index contributed by atoms with van der Waals surface area (Å²) < 4.78 is 49.8. The van der Waals surface area contributed by atoms with Crippen LogP contribution in [0.1, 0.15) is 30.5 Å². The molecule has 7 nitrogen and oxygen atoms in total. The molecule has 6 rings (SSSR count). The Balaban J connectivity index is 0.00000152. The minimum absolute atomic E-state index is 0. The van der Waals surface area contributed by atoms with Gasteiger partial charge in [0.15, 0.2) is 11.5 Å². The number of fused-ring (bicyclic) bond motifs is 4. The standard InChI is InChI=1S/C24H23F3N6O.2ClH/c1-13-10-17-19(34-13)6-3-14-2-5-18(29-21(14)17)23-31-30-20-7-4-15(11-33(20)23)22(24(25,26)27)32-9-8-16(28)12-32;;/h2-7,11,13,16,22H,8-10,12,28H2,1H3;2*1H/t13?,16-,22+;;/m0../s1. The third kappa shape index (κ3) is 4.47. The van der Waals surface area contributed by atoms with Crippen LogP contribution in [0.4, 0.5) is 13.2 Å². The van der Waals surface area contributed by atoms with Crippen LogP contribution in [0.2, 0.25) is 0 Å². The fraction of sp³-hybridized carbons (Fsp3) is 0.375. The minimum Gasteiger partial charge on any atom is -0.490 e. The van der Waals surface area contributed by atoms with Gasteiger partial charge >= 0.3 is 6.18 Å². The number of nitrogens with two attached hydrogens (primary N) is 1. The third-order valence-electron chi connectivity index (χ3n) is 6.65. The summed E-state index contributed by atoms with van der Waals surface area (Å²) in [6.45, 7) is 2.51. The Kier molecular flexibility index (Phi) is 7.09. The molecule has 2 aliphatic rings. The molecule has 0 amide bonds. The van der Waals surface area contributed by atoms with Gasteiger partial charge in [-0.25, -0.2) is 4.98 Å². The summed E-state index contributed by atoms with van der Waals surface area (Å²) in [6.07, 6.45) is -1.61. The lowest BCUT2D eigenvalue weighted by Gasteiger charge is -2.30. The highest BCUT2D eigenvalue weighted by Crippen LogP contribution is 2.40. The lowest BCUT2D eigenvalue weighted by molar-refractivity contribution is -0.183. The Hall–Kier alpha value is -2.66. The molecular formula is C24H25Cl2F3N6O. The van der Waals surface area contributed by atoms with E-state index >= 15 is 0 Å². The maximum absolute atomic E-state index is 14.1. The maximum Gasteiger partial charge on any atom is 0.408 e. The SMILES string of the molecule is CC1Cc2c(ccc3ccc(-c4nnc5ccc([C@@H](N6CC[C@H](N)C6)C(F)(F)F)cn45)nc23)O1.Cl.Cl. The van der Waals surface area contributed by atoms with Gasteiger partial charge in [0.1, 0.15) is 23.6 Å². The minimum atomic E-state index is -4.44. The number of likely N-dealkylation sites (tertiary alicyclic amines) is 1. The van der Waals surface area contributed by atoms with Crippen molar-refractivity contribution in [3.63, 3.8) is 0 Å². The van der Waals surface area contributed by atoms with E-state index in [2.05, 4.69) is 10.2 Å². The Morgan fingerprint density at radius 3 is 2.58 bits per heavy atom. The molecule has 1 unspecified atom stereocenters. The van der Waals surface area contributed by atoms with Crippen molar-refractivity contribution in [1.29, 1.82) is 0 Å². The molecule has 0 saturated carbocycles. The van der Waals surface area contributed by atoms with Crippen LogP contribution in [0.5, 0.6) is 5.75 Å². The molecule has 3 aromatic heterocycles. The summed E-state index contributed by atoms with van der Waals surface area (Å²) >= 11 is 0. The number of benzene rings is 1. The zero-order valence-corrected chi connectivity index (χ0v) is 20.9. The highest BCUT2D eigenvalue weighted by Gasteiger charge is 2.46. The maximum atomic E-state index is 14.1. The van der Waals surface area contributed by atoms with E-state index in [0.717, 1.165) is 28.6 Å². The number of alkyl halides is 3. The third-order valence-corrected chi connectivity index (χ3v) is 6.65. The van der Waals surface area contributed by atoms with E-state index in [0.29, 0.717) is 30.1 Å². The average molecular weight is 541 g/mol. The van der Waals surface area contributed by atoms with Gasteiger partial charge in [0.25, 0.3) is 0 Å². The van der Waals surface area contributed by atoms with Crippen molar-refractivity contribution in [2.75, 3.05) is 13.1 Å². The van der Waals surface area contributed by atoms with E-state index in [4.69, 9.17) is 15.5 Å². The van der Waals surface area contributed by atoms with E-state index in [-0.39, 0.29) is 49.1 Å². The summed E-state index contributed by atoms with van der Waals surface area (Å²) in [7, 11) is 0. The summed E-state index contributed by atoms with van der Waals surface area (Å²) in [5, 5.41) is 9.39. The molecule has 1 saturated heterocycles. The summed E-state index contributed by atoms with van der Waals surface area (Å²) in [5.41, 5.74) is 8.86. The van der Waals surface area contributed by atoms with Crippen LogP contribution < -0.4 is 10.5 Å². The summed E-state index contributed by atoms with van der Waals surface area (Å²) in [5.74, 6) is 1.21. The highest BCUT2D eigenvalue weighted by atomic mass is 35.5. The molecule has 1 fully saturated rings. The fourth-order valence-corrected chi connectivity index (χ4v) is 5.11. The largest absolute Gasteiger partial charge is 0.490 e. The number of halogens is 5. The van der Waals surface area contributed by atoms with Gasteiger partial charge in [-0.05, 0) is 43.2 Å². The second-order valence-electron chi connectivity index (χ2n) is 9.15. The lowest BCUT2D eigenvalue weighted by Crippen LogP contribution is -2.38. The Morgan fingerprint density at radius 2 is 1.86 bits per heavy atom. The van der Waals surface area contributed by atoms with E-state index in [1.807, 2.05) is 31.2 Å². The Morgan fingerprint density at radius 1 is 1.08 bits per heavy atom. The van der Waals surface area contributed by atoms with Crippen molar-refractivity contribution in [2.45, 2.75) is 44.1 Å². The number of hydrogen-bond acceptors (Lipinski definition) is 6. The van der Waals surface area contributed by atoms with Crippen molar-refractivity contribution in [3.05, 3.63) is 53.7 Å². The molecule has 0 aliphatic carbocycles. The molecule has 2 aliphatic heterocycles. The quantitative estimate of drug-likeness (QED) is 0.404. The first-order valence-corrected chi connectivity index (χ1v) is 11.3. The number of nitrogens with zero attached hydrogens (tertiary/aromatic N) is 5. The molecule has 5 heterocycles. The predicted octanol–water partition coefficient (Wildman–Crippen LogP) is 4.75. The Labute approximate surface area is 217 Å². The molecular weight excluding hydrogens is 516 g/mol. The van der Waals surface area contributed by atoms with Crippen molar-refractivity contribution < 1.29 is 17.9 Å². The molecule has 0 radical (unpaired) electrons.